The van der Waals surface area contributed by atoms with Crippen LogP contribution in [0.4, 0.5) is 18.9 Å². The molecule has 1 aliphatic heterocycles. The van der Waals surface area contributed by atoms with E-state index in [1.54, 1.807) is 18.2 Å². The van der Waals surface area contributed by atoms with Gasteiger partial charge in [-0.3, -0.25) is 0 Å². The van der Waals surface area contributed by atoms with Crippen LogP contribution in [-0.4, -0.2) is 40.4 Å². The molecule has 3 rings (SSSR count). The van der Waals surface area contributed by atoms with Crippen molar-refractivity contribution in [2.24, 2.45) is 0 Å². The number of rotatable bonds is 6. The first-order valence-corrected chi connectivity index (χ1v) is 9.92. The standard InChI is InChI=1S/C24H22F3NO6/c1-31-19-9-8-14(10-20(19)32-2)21-17(22(29)33-3)12-28(13-18(21)23(30)34-4)16-7-5-6-15(11-16)24(25,26)27/h5-13,21H,1-4H3. The summed E-state index contributed by atoms with van der Waals surface area (Å²) < 4.78 is 60.2. The van der Waals surface area contributed by atoms with Gasteiger partial charge < -0.3 is 23.8 Å². The largest absolute Gasteiger partial charge is 0.493 e. The average molecular weight is 477 g/mol. The van der Waals surface area contributed by atoms with E-state index in [2.05, 4.69) is 0 Å². The van der Waals surface area contributed by atoms with Crippen molar-refractivity contribution < 1.29 is 41.7 Å². The number of anilines is 1. The smallest absolute Gasteiger partial charge is 0.416 e. The summed E-state index contributed by atoms with van der Waals surface area (Å²) in [5, 5.41) is 0. The van der Waals surface area contributed by atoms with Crippen molar-refractivity contribution in [3.05, 3.63) is 77.1 Å². The Labute approximate surface area is 194 Å². The molecule has 0 amide bonds. The number of halogens is 3. The van der Waals surface area contributed by atoms with Gasteiger partial charge in [-0.15, -0.1) is 0 Å². The van der Waals surface area contributed by atoms with E-state index < -0.39 is 29.6 Å². The molecule has 1 heterocycles. The molecule has 7 nitrogen and oxygen atoms in total. The predicted octanol–water partition coefficient (Wildman–Crippen LogP) is 4.44. The second-order valence-corrected chi connectivity index (χ2v) is 7.15. The van der Waals surface area contributed by atoms with Crippen LogP contribution < -0.4 is 14.4 Å². The van der Waals surface area contributed by atoms with Gasteiger partial charge in [-0.05, 0) is 35.9 Å². The molecule has 0 saturated carbocycles. The van der Waals surface area contributed by atoms with Gasteiger partial charge in [0.15, 0.2) is 11.5 Å². The van der Waals surface area contributed by atoms with Crippen LogP contribution in [-0.2, 0) is 25.2 Å². The molecule has 0 unspecified atom stereocenters. The first-order valence-electron chi connectivity index (χ1n) is 9.92. The third-order valence-electron chi connectivity index (χ3n) is 5.23. The van der Waals surface area contributed by atoms with Crippen LogP contribution in [0, 0.1) is 0 Å². The Hall–Kier alpha value is -3.95. The van der Waals surface area contributed by atoms with Gasteiger partial charge in [-0.25, -0.2) is 9.59 Å². The normalized spacial score (nSPS) is 14.1. The summed E-state index contributed by atoms with van der Waals surface area (Å²) in [5.41, 5.74) is -0.295. The Balaban J connectivity index is 2.21. The Morgan fingerprint density at radius 2 is 1.41 bits per heavy atom. The highest BCUT2D eigenvalue weighted by atomic mass is 19.4. The fourth-order valence-corrected chi connectivity index (χ4v) is 3.61. The summed E-state index contributed by atoms with van der Waals surface area (Å²) in [4.78, 5) is 26.8. The molecule has 34 heavy (non-hydrogen) atoms. The SMILES string of the molecule is COC(=O)C1=CN(c2cccc(C(F)(F)F)c2)C=C(C(=O)OC)C1c1ccc(OC)c(OC)c1. The van der Waals surface area contributed by atoms with E-state index >= 15 is 0 Å². The lowest BCUT2D eigenvalue weighted by Crippen LogP contribution is -2.28. The van der Waals surface area contributed by atoms with Crippen LogP contribution in [0.5, 0.6) is 11.5 Å². The maximum absolute atomic E-state index is 13.3. The minimum Gasteiger partial charge on any atom is -0.493 e. The fourth-order valence-electron chi connectivity index (χ4n) is 3.61. The minimum absolute atomic E-state index is 0.00929. The highest BCUT2D eigenvalue weighted by Gasteiger charge is 2.37. The number of alkyl halides is 3. The number of esters is 2. The third kappa shape index (κ3) is 4.85. The van der Waals surface area contributed by atoms with E-state index in [0.717, 1.165) is 12.1 Å². The van der Waals surface area contributed by atoms with E-state index in [1.807, 2.05) is 0 Å². The van der Waals surface area contributed by atoms with Crippen molar-refractivity contribution >= 4 is 17.6 Å². The molecule has 0 fully saturated rings. The predicted molar refractivity (Wildman–Crippen MR) is 116 cm³/mol. The Morgan fingerprint density at radius 3 is 1.91 bits per heavy atom. The molecule has 0 saturated heterocycles. The zero-order chi connectivity index (χ0) is 25.0. The number of hydrogen-bond acceptors (Lipinski definition) is 7. The van der Waals surface area contributed by atoms with Gasteiger partial charge in [0.05, 0.1) is 51.1 Å². The average Bonchev–Trinajstić information content (AvgIpc) is 2.85. The molecule has 0 aliphatic carbocycles. The Bertz CT molecular complexity index is 1120. The quantitative estimate of drug-likeness (QED) is 0.570. The van der Waals surface area contributed by atoms with Crippen LogP contribution >= 0.6 is 0 Å². The first-order chi connectivity index (χ1) is 16.1. The number of ether oxygens (including phenoxy) is 4. The number of hydrogen-bond donors (Lipinski definition) is 0. The molecule has 0 radical (unpaired) electrons. The highest BCUT2D eigenvalue weighted by Crippen LogP contribution is 2.42. The molecular weight excluding hydrogens is 455 g/mol. The van der Waals surface area contributed by atoms with E-state index in [9.17, 15) is 22.8 Å². The molecule has 0 atom stereocenters. The van der Waals surface area contributed by atoms with Crippen LogP contribution in [0.3, 0.4) is 0 Å². The van der Waals surface area contributed by atoms with Crippen molar-refractivity contribution in [3.63, 3.8) is 0 Å². The van der Waals surface area contributed by atoms with Gasteiger partial charge in [0, 0.05) is 18.1 Å². The van der Waals surface area contributed by atoms with Crippen molar-refractivity contribution in [3.8, 4) is 11.5 Å². The monoisotopic (exact) mass is 477 g/mol. The summed E-state index contributed by atoms with van der Waals surface area (Å²) in [6.07, 6.45) is -1.91. The number of benzene rings is 2. The van der Waals surface area contributed by atoms with E-state index in [1.165, 1.54) is 57.9 Å². The molecule has 1 aliphatic rings. The van der Waals surface area contributed by atoms with E-state index in [4.69, 9.17) is 18.9 Å². The lowest BCUT2D eigenvalue weighted by molar-refractivity contribution is -0.138. The van der Waals surface area contributed by atoms with Crippen LogP contribution in [0.25, 0.3) is 0 Å². The Morgan fingerprint density at radius 1 is 0.824 bits per heavy atom. The third-order valence-corrected chi connectivity index (χ3v) is 5.23. The first kappa shape index (κ1) is 24.7. The molecular formula is C24H22F3NO6. The maximum Gasteiger partial charge on any atom is 0.416 e. The van der Waals surface area contributed by atoms with Gasteiger partial charge in [0.1, 0.15) is 0 Å². The molecule has 0 N–H and O–H groups in total. The van der Waals surface area contributed by atoms with Crippen molar-refractivity contribution in [2.75, 3.05) is 33.3 Å². The molecule has 10 heteroatoms. The summed E-state index contributed by atoms with van der Waals surface area (Å²) in [6.45, 7) is 0. The summed E-state index contributed by atoms with van der Waals surface area (Å²) >= 11 is 0. The topological polar surface area (TPSA) is 74.3 Å². The second-order valence-electron chi connectivity index (χ2n) is 7.15. The Kier molecular flexibility index (Phi) is 7.19. The van der Waals surface area contributed by atoms with Crippen molar-refractivity contribution in [1.82, 2.24) is 0 Å². The van der Waals surface area contributed by atoms with Crippen LogP contribution in [0.15, 0.2) is 66.0 Å². The summed E-state index contributed by atoms with van der Waals surface area (Å²) in [7, 11) is 5.23. The van der Waals surface area contributed by atoms with Crippen molar-refractivity contribution in [1.29, 1.82) is 0 Å². The zero-order valence-electron chi connectivity index (χ0n) is 18.8. The van der Waals surface area contributed by atoms with Crippen LogP contribution in [0.2, 0.25) is 0 Å². The maximum atomic E-state index is 13.3. The molecule has 180 valence electrons. The number of carbonyl (C=O) groups excluding carboxylic acids is 2. The van der Waals surface area contributed by atoms with Gasteiger partial charge in [-0.2, -0.15) is 13.2 Å². The summed E-state index contributed by atoms with van der Waals surface area (Å²) in [5.74, 6) is -1.70. The number of methoxy groups -OCH3 is 4. The molecule has 0 spiro atoms. The molecule has 0 aromatic heterocycles. The van der Waals surface area contributed by atoms with Crippen LogP contribution in [0.1, 0.15) is 17.0 Å². The van der Waals surface area contributed by atoms with Gasteiger partial charge in [0.2, 0.25) is 0 Å². The van der Waals surface area contributed by atoms with Crippen molar-refractivity contribution in [2.45, 2.75) is 12.1 Å². The summed E-state index contributed by atoms with van der Waals surface area (Å²) in [6, 6.07) is 9.33. The number of nitrogens with zero attached hydrogens (tertiary/aromatic N) is 1. The number of carbonyl (C=O) groups is 2. The van der Waals surface area contributed by atoms with Gasteiger partial charge in [-0.1, -0.05) is 12.1 Å². The van der Waals surface area contributed by atoms with Gasteiger partial charge >= 0.3 is 18.1 Å². The molecule has 0 bridgehead atoms. The van der Waals surface area contributed by atoms with E-state index in [-0.39, 0.29) is 16.8 Å². The fraction of sp³-hybridized carbons (Fsp3) is 0.250. The van der Waals surface area contributed by atoms with Gasteiger partial charge in [0.25, 0.3) is 0 Å². The molecule has 2 aromatic rings. The lowest BCUT2D eigenvalue weighted by Gasteiger charge is -2.30. The zero-order valence-corrected chi connectivity index (χ0v) is 18.8. The molecule has 2 aromatic carbocycles. The van der Waals surface area contributed by atoms with E-state index in [0.29, 0.717) is 17.1 Å². The lowest BCUT2D eigenvalue weighted by atomic mass is 9.83. The second kappa shape index (κ2) is 9.90. The highest BCUT2D eigenvalue weighted by molar-refractivity contribution is 6.00. The minimum atomic E-state index is -4.57.